The minimum atomic E-state index is -1.29. The Morgan fingerprint density at radius 1 is 1.58 bits per heavy atom. The molecule has 0 saturated carbocycles. The second kappa shape index (κ2) is 5.77. The van der Waals surface area contributed by atoms with Gasteiger partial charge in [-0.2, -0.15) is 0 Å². The first-order valence-electron chi connectivity index (χ1n) is 5.90. The minimum Gasteiger partial charge on any atom is -0.477 e. The first-order valence-corrected chi connectivity index (χ1v) is 5.90. The van der Waals surface area contributed by atoms with Gasteiger partial charge in [-0.05, 0) is 12.0 Å². The molecule has 1 aromatic carbocycles. The highest BCUT2D eigenvalue weighted by Crippen LogP contribution is 2.22. The Labute approximate surface area is 109 Å². The van der Waals surface area contributed by atoms with Gasteiger partial charge >= 0.3 is 5.97 Å². The van der Waals surface area contributed by atoms with E-state index < -0.39 is 10.9 Å². The van der Waals surface area contributed by atoms with E-state index in [9.17, 15) is 14.9 Å². The lowest BCUT2D eigenvalue weighted by molar-refractivity contribution is -0.385. The zero-order chi connectivity index (χ0) is 13.8. The number of nitro benzene ring substituents is 1. The Hall–Kier alpha value is -1.99. The molecule has 1 heterocycles. The van der Waals surface area contributed by atoms with E-state index >= 15 is 0 Å². The molecule has 7 nitrogen and oxygen atoms in total. The Morgan fingerprint density at radius 3 is 2.95 bits per heavy atom. The normalized spacial score (nSPS) is 18.4. The molecule has 0 spiro atoms. The van der Waals surface area contributed by atoms with Gasteiger partial charge < -0.3 is 15.2 Å². The van der Waals surface area contributed by atoms with E-state index in [0.717, 1.165) is 6.42 Å². The molecular formula is C12H14N2O5. The molecular weight excluding hydrogens is 252 g/mol. The van der Waals surface area contributed by atoms with Crippen LogP contribution in [0.5, 0.6) is 0 Å². The maximum atomic E-state index is 11.2. The second-order valence-corrected chi connectivity index (χ2v) is 4.31. The SMILES string of the molecule is O=C(O)c1c(CNC2CCOC2)cccc1[N+](=O)[O-]. The smallest absolute Gasteiger partial charge is 0.343 e. The number of rotatable bonds is 5. The predicted molar refractivity (Wildman–Crippen MR) is 66.1 cm³/mol. The number of ether oxygens (including phenoxy) is 1. The third kappa shape index (κ3) is 3.07. The lowest BCUT2D eigenvalue weighted by Gasteiger charge is -2.12. The van der Waals surface area contributed by atoms with Crippen molar-refractivity contribution in [3.8, 4) is 0 Å². The van der Waals surface area contributed by atoms with E-state index in [2.05, 4.69) is 5.32 Å². The number of nitrogens with zero attached hydrogens (tertiary/aromatic N) is 1. The zero-order valence-electron chi connectivity index (χ0n) is 10.2. The van der Waals surface area contributed by atoms with Crippen molar-refractivity contribution in [3.63, 3.8) is 0 Å². The molecule has 0 radical (unpaired) electrons. The molecule has 7 heteroatoms. The van der Waals surface area contributed by atoms with Crippen molar-refractivity contribution in [1.29, 1.82) is 0 Å². The molecule has 1 saturated heterocycles. The number of carbonyl (C=O) groups is 1. The number of hydrogen-bond donors (Lipinski definition) is 2. The Balaban J connectivity index is 2.20. The first-order chi connectivity index (χ1) is 9.09. The molecule has 1 aromatic rings. The monoisotopic (exact) mass is 266 g/mol. The van der Waals surface area contributed by atoms with Crippen molar-refractivity contribution >= 4 is 11.7 Å². The highest BCUT2D eigenvalue weighted by Gasteiger charge is 2.24. The summed E-state index contributed by atoms with van der Waals surface area (Å²) in [5, 5.41) is 23.1. The number of nitro groups is 1. The van der Waals surface area contributed by atoms with Gasteiger partial charge in [-0.1, -0.05) is 12.1 Å². The first kappa shape index (κ1) is 13.4. The summed E-state index contributed by atoms with van der Waals surface area (Å²) in [6.45, 7) is 1.53. The average Bonchev–Trinajstić information content (AvgIpc) is 2.88. The van der Waals surface area contributed by atoms with Crippen LogP contribution in [0.15, 0.2) is 18.2 Å². The maximum Gasteiger partial charge on any atom is 0.343 e. The van der Waals surface area contributed by atoms with Crippen LogP contribution in [0.4, 0.5) is 5.69 Å². The number of nitrogens with one attached hydrogen (secondary N) is 1. The van der Waals surface area contributed by atoms with Gasteiger partial charge in [0, 0.05) is 25.3 Å². The van der Waals surface area contributed by atoms with E-state index in [1.54, 1.807) is 6.07 Å². The van der Waals surface area contributed by atoms with Gasteiger partial charge in [0.1, 0.15) is 5.56 Å². The molecule has 0 aromatic heterocycles. The van der Waals surface area contributed by atoms with Gasteiger partial charge in [0.2, 0.25) is 0 Å². The van der Waals surface area contributed by atoms with Gasteiger partial charge in [0.15, 0.2) is 0 Å². The van der Waals surface area contributed by atoms with E-state index in [1.807, 2.05) is 0 Å². The molecule has 1 fully saturated rings. The summed E-state index contributed by atoms with van der Waals surface area (Å²) in [5.41, 5.74) is -0.220. The van der Waals surface area contributed by atoms with Crippen molar-refractivity contribution in [2.45, 2.75) is 19.0 Å². The van der Waals surface area contributed by atoms with E-state index in [0.29, 0.717) is 18.8 Å². The fraction of sp³-hybridized carbons (Fsp3) is 0.417. The summed E-state index contributed by atoms with van der Waals surface area (Å²) in [4.78, 5) is 21.4. The van der Waals surface area contributed by atoms with Crippen LogP contribution in [0.25, 0.3) is 0 Å². The van der Waals surface area contributed by atoms with Crippen molar-refractivity contribution < 1.29 is 19.6 Å². The van der Waals surface area contributed by atoms with Gasteiger partial charge in [-0.3, -0.25) is 10.1 Å². The van der Waals surface area contributed by atoms with Crippen molar-refractivity contribution in [3.05, 3.63) is 39.4 Å². The van der Waals surface area contributed by atoms with Crippen LogP contribution >= 0.6 is 0 Å². The Morgan fingerprint density at radius 2 is 2.37 bits per heavy atom. The van der Waals surface area contributed by atoms with Crippen LogP contribution in [0, 0.1) is 10.1 Å². The summed E-state index contributed by atoms with van der Waals surface area (Å²) >= 11 is 0. The summed E-state index contributed by atoms with van der Waals surface area (Å²) < 4.78 is 5.20. The number of carboxylic acid groups (broad SMARTS) is 1. The third-order valence-corrected chi connectivity index (χ3v) is 3.05. The van der Waals surface area contributed by atoms with Crippen LogP contribution in [0.2, 0.25) is 0 Å². The third-order valence-electron chi connectivity index (χ3n) is 3.05. The van der Waals surface area contributed by atoms with Gasteiger partial charge in [0.05, 0.1) is 11.5 Å². The lowest BCUT2D eigenvalue weighted by Crippen LogP contribution is -2.29. The lowest BCUT2D eigenvalue weighted by atomic mass is 10.0. The highest BCUT2D eigenvalue weighted by molar-refractivity contribution is 5.94. The van der Waals surface area contributed by atoms with Crippen LogP contribution in [-0.2, 0) is 11.3 Å². The Kier molecular flexibility index (Phi) is 4.08. The van der Waals surface area contributed by atoms with Crippen LogP contribution in [-0.4, -0.2) is 35.3 Å². The quantitative estimate of drug-likeness (QED) is 0.612. The van der Waals surface area contributed by atoms with E-state index in [-0.39, 0.29) is 23.8 Å². The molecule has 102 valence electrons. The van der Waals surface area contributed by atoms with E-state index in [1.165, 1.54) is 12.1 Å². The van der Waals surface area contributed by atoms with Gasteiger partial charge in [-0.15, -0.1) is 0 Å². The van der Waals surface area contributed by atoms with Crippen molar-refractivity contribution in [2.24, 2.45) is 0 Å². The highest BCUT2D eigenvalue weighted by atomic mass is 16.6. The molecule has 2 N–H and O–H groups in total. The fourth-order valence-corrected chi connectivity index (χ4v) is 2.08. The van der Waals surface area contributed by atoms with Gasteiger partial charge in [0.25, 0.3) is 5.69 Å². The van der Waals surface area contributed by atoms with E-state index in [4.69, 9.17) is 9.84 Å². The average molecular weight is 266 g/mol. The van der Waals surface area contributed by atoms with Crippen molar-refractivity contribution in [2.75, 3.05) is 13.2 Å². The largest absolute Gasteiger partial charge is 0.477 e. The molecule has 1 aliphatic heterocycles. The fourth-order valence-electron chi connectivity index (χ4n) is 2.08. The molecule has 2 rings (SSSR count). The van der Waals surface area contributed by atoms with Gasteiger partial charge in [-0.25, -0.2) is 4.79 Å². The second-order valence-electron chi connectivity index (χ2n) is 4.31. The summed E-state index contributed by atoms with van der Waals surface area (Å²) in [7, 11) is 0. The molecule has 1 aliphatic rings. The minimum absolute atomic E-state index is 0.168. The van der Waals surface area contributed by atoms with Crippen LogP contribution < -0.4 is 5.32 Å². The number of carboxylic acids is 1. The summed E-state index contributed by atoms with van der Waals surface area (Å²) in [6.07, 6.45) is 0.858. The zero-order valence-corrected chi connectivity index (χ0v) is 10.2. The van der Waals surface area contributed by atoms with Crippen molar-refractivity contribution in [1.82, 2.24) is 5.32 Å². The predicted octanol–water partition coefficient (Wildman–Crippen LogP) is 1.17. The summed E-state index contributed by atoms with van der Waals surface area (Å²) in [5.74, 6) is -1.29. The molecule has 1 atom stereocenters. The number of hydrogen-bond acceptors (Lipinski definition) is 5. The molecule has 19 heavy (non-hydrogen) atoms. The number of aromatic carboxylic acids is 1. The maximum absolute atomic E-state index is 11.2. The molecule has 0 amide bonds. The van der Waals surface area contributed by atoms with Crippen LogP contribution in [0.1, 0.15) is 22.3 Å². The Bertz CT molecular complexity index is 497. The number of benzene rings is 1. The molecule has 0 bridgehead atoms. The standard InChI is InChI=1S/C12H14N2O5/c15-12(16)11-8(2-1-3-10(11)14(17)18)6-13-9-4-5-19-7-9/h1-3,9,13H,4-7H2,(H,15,16). The summed E-state index contributed by atoms with van der Waals surface area (Å²) in [6, 6.07) is 4.44. The topological polar surface area (TPSA) is 102 Å². The molecule has 1 unspecified atom stereocenters. The van der Waals surface area contributed by atoms with Crippen LogP contribution in [0.3, 0.4) is 0 Å². The molecule has 0 aliphatic carbocycles.